The van der Waals surface area contributed by atoms with Gasteiger partial charge in [-0.05, 0) is 60.4 Å². The van der Waals surface area contributed by atoms with E-state index < -0.39 is 8.16 Å². The average molecular weight is 427 g/mol. The summed E-state index contributed by atoms with van der Waals surface area (Å²) in [5, 5.41) is 7.14. The summed E-state index contributed by atoms with van der Waals surface area (Å²) in [7, 11) is -1.25. The Morgan fingerprint density at radius 1 is 0.677 bits per heavy atom. The monoisotopic (exact) mass is 427 g/mol. The van der Waals surface area contributed by atoms with E-state index in [0.717, 1.165) is 21.9 Å². The van der Waals surface area contributed by atoms with Crippen LogP contribution in [0.5, 0.6) is 0 Å². The van der Waals surface area contributed by atoms with Gasteiger partial charge in [0, 0.05) is 22.9 Å². The van der Waals surface area contributed by atoms with Crippen LogP contribution in [0.4, 0.5) is 0 Å². The van der Waals surface area contributed by atoms with Crippen LogP contribution in [0.1, 0.15) is 33.1 Å². The van der Waals surface area contributed by atoms with Crippen LogP contribution in [0.2, 0.25) is 0 Å². The Morgan fingerprint density at radius 2 is 1.16 bits per heavy atom. The van der Waals surface area contributed by atoms with E-state index in [1.807, 2.05) is 0 Å². The second-order valence-electron chi connectivity index (χ2n) is 8.75. The maximum atomic E-state index is 6.75. The molecule has 1 fully saturated rings. The van der Waals surface area contributed by atoms with Gasteiger partial charge in [0.05, 0.1) is 0 Å². The predicted molar refractivity (Wildman–Crippen MR) is 132 cm³/mol. The highest BCUT2D eigenvalue weighted by molar-refractivity contribution is 7.39. The largest absolute Gasteiger partial charge is 0.408 e. The van der Waals surface area contributed by atoms with Crippen molar-refractivity contribution in [3.05, 3.63) is 72.8 Å². The van der Waals surface area contributed by atoms with Crippen molar-refractivity contribution < 1.29 is 8.39 Å². The molecule has 0 saturated carbocycles. The van der Waals surface area contributed by atoms with Crippen LogP contribution in [-0.2, 0) is 0 Å². The number of nitrogens with zero attached hydrogens (tertiary/aromatic N) is 1. The minimum absolute atomic E-state index is 0.445. The van der Waals surface area contributed by atoms with E-state index in [1.54, 1.807) is 0 Å². The molecule has 0 bridgehead atoms. The van der Waals surface area contributed by atoms with Gasteiger partial charge in [0.1, 0.15) is 11.2 Å². The van der Waals surface area contributed by atoms with Gasteiger partial charge in [-0.25, -0.2) is 0 Å². The van der Waals surface area contributed by atoms with Crippen LogP contribution in [-0.4, -0.2) is 12.1 Å². The van der Waals surface area contributed by atoms with Crippen molar-refractivity contribution in [2.24, 2.45) is 0 Å². The number of piperidine rings is 1. The number of benzene rings is 4. The highest BCUT2D eigenvalue weighted by Gasteiger charge is 2.30. The summed E-state index contributed by atoms with van der Waals surface area (Å²) < 4.78 is 16.0. The number of rotatable bonds is 1. The van der Waals surface area contributed by atoms with Gasteiger partial charge >= 0.3 is 8.16 Å². The van der Waals surface area contributed by atoms with E-state index in [1.165, 1.54) is 40.8 Å². The summed E-state index contributed by atoms with van der Waals surface area (Å²) in [6.45, 7) is 4.61. The normalized spacial score (nSPS) is 20.1. The Bertz CT molecular complexity index is 1360. The van der Waals surface area contributed by atoms with Gasteiger partial charge in [0.25, 0.3) is 0 Å². The molecule has 0 aliphatic carbocycles. The van der Waals surface area contributed by atoms with E-state index in [4.69, 9.17) is 8.39 Å². The van der Waals surface area contributed by atoms with Gasteiger partial charge in [0.2, 0.25) is 0 Å². The van der Waals surface area contributed by atoms with Gasteiger partial charge in [-0.15, -0.1) is 0 Å². The molecule has 31 heavy (non-hydrogen) atoms. The molecular formula is C27H26NO2P. The average Bonchev–Trinajstić information content (AvgIpc) is 2.96. The summed E-state index contributed by atoms with van der Waals surface area (Å²) in [6.07, 6.45) is 3.64. The van der Waals surface area contributed by atoms with E-state index in [0.29, 0.717) is 12.1 Å². The Labute approximate surface area is 182 Å². The molecule has 4 aromatic carbocycles. The third kappa shape index (κ3) is 3.07. The topological polar surface area (TPSA) is 29.5 Å². The lowest BCUT2D eigenvalue weighted by atomic mass is 9.99. The SMILES string of the molecule is CC1CCCC(C)N1p1oc2ccc3ccccc3c2c2c(ccc3ccccc32)o1. The molecule has 6 rings (SSSR count). The Morgan fingerprint density at radius 3 is 1.68 bits per heavy atom. The summed E-state index contributed by atoms with van der Waals surface area (Å²) >= 11 is 0. The zero-order chi connectivity index (χ0) is 20.9. The summed E-state index contributed by atoms with van der Waals surface area (Å²) in [4.78, 5) is 0. The number of hydrogen-bond donors (Lipinski definition) is 0. The fraction of sp³-hybridized carbons (Fsp3) is 0.259. The smallest absolute Gasteiger partial charge is 0.310 e. The second-order valence-corrected chi connectivity index (χ2v) is 10.1. The molecule has 0 amide bonds. The van der Waals surface area contributed by atoms with Crippen molar-refractivity contribution in [3.8, 4) is 0 Å². The molecule has 0 spiro atoms. The fourth-order valence-electron chi connectivity index (χ4n) is 5.18. The first kappa shape index (κ1) is 19.0. The highest BCUT2D eigenvalue weighted by Crippen LogP contribution is 2.44. The first-order chi connectivity index (χ1) is 15.2. The molecule has 1 aliphatic heterocycles. The van der Waals surface area contributed by atoms with Crippen molar-refractivity contribution in [3.63, 3.8) is 0 Å². The van der Waals surface area contributed by atoms with Crippen molar-refractivity contribution in [2.45, 2.75) is 45.2 Å². The summed E-state index contributed by atoms with van der Waals surface area (Å²) in [5.74, 6) is 0. The van der Waals surface area contributed by atoms with Crippen molar-refractivity contribution >= 4 is 51.6 Å². The highest BCUT2D eigenvalue weighted by atomic mass is 31.1. The first-order valence-electron chi connectivity index (χ1n) is 11.2. The molecule has 0 N–H and O–H groups in total. The maximum Gasteiger partial charge on any atom is 0.310 e. The van der Waals surface area contributed by atoms with Crippen LogP contribution in [0.3, 0.4) is 0 Å². The molecule has 0 radical (unpaired) electrons. The minimum Gasteiger partial charge on any atom is -0.408 e. The molecule has 1 aromatic heterocycles. The summed E-state index contributed by atoms with van der Waals surface area (Å²) in [5.41, 5.74) is 1.84. The van der Waals surface area contributed by atoms with Crippen LogP contribution >= 0.6 is 8.16 Å². The molecule has 5 aromatic rings. The summed E-state index contributed by atoms with van der Waals surface area (Å²) in [6, 6.07) is 26.6. The molecular weight excluding hydrogens is 401 g/mol. The van der Waals surface area contributed by atoms with Crippen molar-refractivity contribution in [1.82, 2.24) is 0 Å². The van der Waals surface area contributed by atoms with Crippen LogP contribution in [0.15, 0.2) is 81.2 Å². The predicted octanol–water partition coefficient (Wildman–Crippen LogP) is 8.50. The van der Waals surface area contributed by atoms with Crippen LogP contribution in [0, 0.1) is 0 Å². The van der Waals surface area contributed by atoms with Crippen molar-refractivity contribution in [1.29, 1.82) is 0 Å². The molecule has 1 aliphatic rings. The minimum atomic E-state index is -1.25. The Hall–Kier alpha value is -2.74. The Kier molecular flexibility index (Phi) is 4.56. The Balaban J connectivity index is 1.83. The van der Waals surface area contributed by atoms with Crippen LogP contribution in [0.25, 0.3) is 43.5 Å². The molecule has 156 valence electrons. The maximum absolute atomic E-state index is 6.75. The quantitative estimate of drug-likeness (QED) is 0.269. The molecule has 3 nitrogen and oxygen atoms in total. The lowest BCUT2D eigenvalue weighted by Gasteiger charge is -2.35. The molecule has 2 unspecified atom stereocenters. The van der Waals surface area contributed by atoms with E-state index in [-0.39, 0.29) is 0 Å². The lowest BCUT2D eigenvalue weighted by Crippen LogP contribution is -2.41. The van der Waals surface area contributed by atoms with Gasteiger partial charge in [-0.1, -0.05) is 67.1 Å². The molecule has 1 saturated heterocycles. The van der Waals surface area contributed by atoms with E-state index in [9.17, 15) is 0 Å². The second kappa shape index (κ2) is 7.44. The van der Waals surface area contributed by atoms with Gasteiger partial charge in [-0.2, -0.15) is 4.67 Å². The van der Waals surface area contributed by atoms with Gasteiger partial charge in [-0.3, -0.25) is 0 Å². The van der Waals surface area contributed by atoms with Crippen molar-refractivity contribution in [2.75, 3.05) is 4.67 Å². The molecule has 2 heterocycles. The zero-order valence-corrected chi connectivity index (χ0v) is 18.8. The standard InChI is InChI=1S/C27H26NO2P/c1-18-8-7-9-19(2)28(18)31-29-24-16-14-20-10-3-5-12-22(20)26(24)27-23-13-6-4-11-21(23)15-17-25(27)30-31/h3-6,10-19H,7-9H2,1-2H3. The molecule has 2 atom stereocenters. The zero-order valence-electron chi connectivity index (χ0n) is 17.9. The first-order valence-corrected chi connectivity index (χ1v) is 12.3. The molecule has 4 heteroatoms. The van der Waals surface area contributed by atoms with E-state index in [2.05, 4.69) is 91.3 Å². The lowest BCUT2D eigenvalue weighted by molar-refractivity contribution is 0.421. The fourth-order valence-corrected chi connectivity index (χ4v) is 6.92. The third-order valence-electron chi connectivity index (χ3n) is 6.72. The third-order valence-corrected chi connectivity index (χ3v) is 8.59. The van der Waals surface area contributed by atoms with Gasteiger partial charge in [0.15, 0.2) is 0 Å². The number of fused-ring (bicyclic) bond motifs is 7. The van der Waals surface area contributed by atoms with E-state index >= 15 is 0 Å². The van der Waals surface area contributed by atoms with Gasteiger partial charge < -0.3 is 8.39 Å². The number of hydrogen-bond acceptors (Lipinski definition) is 3. The van der Waals surface area contributed by atoms with Crippen LogP contribution < -0.4 is 4.67 Å².